The Kier molecular flexibility index (Phi) is 4.75. The highest BCUT2D eigenvalue weighted by atomic mass is 32.2. The van der Waals surface area contributed by atoms with E-state index in [-0.39, 0.29) is 23.9 Å². The lowest BCUT2D eigenvalue weighted by Gasteiger charge is -2.42. The van der Waals surface area contributed by atoms with Crippen molar-refractivity contribution in [3.63, 3.8) is 0 Å². The molecule has 4 rings (SSSR count). The predicted octanol–water partition coefficient (Wildman–Crippen LogP) is 3.81. The van der Waals surface area contributed by atoms with E-state index in [1.165, 1.54) is 23.9 Å². The van der Waals surface area contributed by atoms with Gasteiger partial charge in [0.05, 0.1) is 34.1 Å². The number of nitro benzene ring substituents is 1. The van der Waals surface area contributed by atoms with Crippen LogP contribution in [0.5, 0.6) is 0 Å². The number of hydrogen-bond acceptors (Lipinski definition) is 6. The molecule has 2 heterocycles. The predicted molar refractivity (Wildman–Crippen MR) is 106 cm³/mol. The van der Waals surface area contributed by atoms with Crippen LogP contribution in [0.3, 0.4) is 0 Å². The van der Waals surface area contributed by atoms with E-state index in [9.17, 15) is 20.2 Å². The first-order valence-corrected chi connectivity index (χ1v) is 9.69. The van der Waals surface area contributed by atoms with Crippen LogP contribution in [0.15, 0.2) is 65.2 Å². The minimum atomic E-state index is -0.462. The molecule has 1 fully saturated rings. The van der Waals surface area contributed by atoms with E-state index in [2.05, 4.69) is 11.0 Å². The zero-order valence-corrected chi connectivity index (χ0v) is 15.6. The number of nitro groups is 1. The van der Waals surface area contributed by atoms with E-state index < -0.39 is 4.92 Å². The SMILES string of the molecule is N#CC1=C2SCN(c3ccccc3)CN2C(=O)C[C@H]1c1ccc([N+](=O)[O-])cc1. The number of carbonyl (C=O) groups excluding carboxylic acids is 1. The van der Waals surface area contributed by atoms with E-state index in [4.69, 9.17) is 0 Å². The summed E-state index contributed by atoms with van der Waals surface area (Å²) in [6.07, 6.45) is 0.174. The molecule has 0 aliphatic carbocycles. The molecule has 0 aromatic heterocycles. The molecule has 7 nitrogen and oxygen atoms in total. The second kappa shape index (κ2) is 7.37. The molecule has 0 radical (unpaired) electrons. The van der Waals surface area contributed by atoms with Crippen LogP contribution in [0, 0.1) is 21.4 Å². The number of anilines is 1. The Bertz CT molecular complexity index is 998. The maximum absolute atomic E-state index is 12.9. The number of para-hydroxylation sites is 1. The van der Waals surface area contributed by atoms with Crippen molar-refractivity contribution < 1.29 is 9.72 Å². The topological polar surface area (TPSA) is 90.5 Å². The zero-order chi connectivity index (χ0) is 19.7. The van der Waals surface area contributed by atoms with E-state index in [0.717, 1.165) is 11.3 Å². The van der Waals surface area contributed by atoms with Gasteiger partial charge in [-0.1, -0.05) is 42.1 Å². The number of thioether (sulfide) groups is 1. The van der Waals surface area contributed by atoms with Crippen molar-refractivity contribution in [3.8, 4) is 6.07 Å². The van der Waals surface area contributed by atoms with Gasteiger partial charge in [-0.25, -0.2) is 0 Å². The monoisotopic (exact) mass is 392 g/mol. The molecular formula is C20H16N4O3S. The van der Waals surface area contributed by atoms with Crippen LogP contribution < -0.4 is 4.90 Å². The third-order valence-electron chi connectivity index (χ3n) is 4.92. The Labute approximate surface area is 166 Å². The van der Waals surface area contributed by atoms with Gasteiger partial charge < -0.3 is 4.90 Å². The molecule has 8 heteroatoms. The number of amides is 1. The lowest BCUT2D eigenvalue weighted by Crippen LogP contribution is -2.47. The van der Waals surface area contributed by atoms with E-state index in [1.54, 1.807) is 17.0 Å². The molecule has 0 bridgehead atoms. The van der Waals surface area contributed by atoms with Crippen LogP contribution >= 0.6 is 11.8 Å². The number of nitrogens with zero attached hydrogens (tertiary/aromatic N) is 4. The number of carbonyl (C=O) groups is 1. The van der Waals surface area contributed by atoms with Gasteiger partial charge in [0.15, 0.2) is 0 Å². The van der Waals surface area contributed by atoms with Gasteiger partial charge >= 0.3 is 0 Å². The van der Waals surface area contributed by atoms with Crippen molar-refractivity contribution in [2.75, 3.05) is 17.4 Å². The maximum atomic E-state index is 12.9. The van der Waals surface area contributed by atoms with E-state index in [0.29, 0.717) is 23.1 Å². The van der Waals surface area contributed by atoms with Gasteiger partial charge in [0, 0.05) is 30.2 Å². The fourth-order valence-electron chi connectivity index (χ4n) is 3.48. The molecule has 0 saturated carbocycles. The van der Waals surface area contributed by atoms with Crippen LogP contribution in [0.1, 0.15) is 17.9 Å². The minimum absolute atomic E-state index is 0.00998. The smallest absolute Gasteiger partial charge is 0.269 e. The molecule has 2 aromatic carbocycles. The Morgan fingerprint density at radius 2 is 1.86 bits per heavy atom. The molecule has 140 valence electrons. The lowest BCUT2D eigenvalue weighted by atomic mass is 9.86. The number of rotatable bonds is 3. The number of non-ortho nitro benzene ring substituents is 1. The quantitative estimate of drug-likeness (QED) is 0.583. The summed E-state index contributed by atoms with van der Waals surface area (Å²) in [6, 6.07) is 18.2. The maximum Gasteiger partial charge on any atom is 0.269 e. The van der Waals surface area contributed by atoms with Gasteiger partial charge in [0.25, 0.3) is 5.69 Å². The summed E-state index contributed by atoms with van der Waals surface area (Å²) in [4.78, 5) is 27.0. The highest BCUT2D eigenvalue weighted by molar-refractivity contribution is 8.03. The van der Waals surface area contributed by atoms with Gasteiger partial charge in [-0.15, -0.1) is 0 Å². The number of fused-ring (bicyclic) bond motifs is 1. The summed E-state index contributed by atoms with van der Waals surface area (Å²) in [7, 11) is 0. The third-order valence-corrected chi connectivity index (χ3v) is 6.08. The van der Waals surface area contributed by atoms with Crippen molar-refractivity contribution in [1.29, 1.82) is 5.26 Å². The molecule has 28 heavy (non-hydrogen) atoms. The first-order chi connectivity index (χ1) is 13.6. The number of nitriles is 1. The van der Waals surface area contributed by atoms with E-state index in [1.807, 2.05) is 30.3 Å². The molecular weight excluding hydrogens is 376 g/mol. The molecule has 2 aromatic rings. The minimum Gasteiger partial charge on any atom is -0.344 e. The zero-order valence-electron chi connectivity index (χ0n) is 14.8. The van der Waals surface area contributed by atoms with Crippen molar-refractivity contribution in [3.05, 3.63) is 80.9 Å². The first kappa shape index (κ1) is 18.1. The van der Waals surface area contributed by atoms with Crippen molar-refractivity contribution in [2.24, 2.45) is 0 Å². The number of allylic oxidation sites excluding steroid dienone is 1. The van der Waals surface area contributed by atoms with Gasteiger partial charge in [0.1, 0.15) is 0 Å². The van der Waals surface area contributed by atoms with Crippen LogP contribution in [0.25, 0.3) is 0 Å². The van der Waals surface area contributed by atoms with Crippen molar-refractivity contribution >= 4 is 29.0 Å². The highest BCUT2D eigenvalue weighted by Crippen LogP contribution is 2.43. The van der Waals surface area contributed by atoms with Crippen LogP contribution in [-0.4, -0.2) is 28.3 Å². The Morgan fingerprint density at radius 3 is 2.50 bits per heavy atom. The molecule has 1 amide bonds. The molecule has 0 spiro atoms. The average Bonchev–Trinajstić information content (AvgIpc) is 2.74. The third kappa shape index (κ3) is 3.21. The van der Waals surface area contributed by atoms with Gasteiger partial charge in [0.2, 0.25) is 5.91 Å². The second-order valence-electron chi connectivity index (χ2n) is 6.55. The Balaban J connectivity index is 1.65. The van der Waals surface area contributed by atoms with Crippen LogP contribution in [0.4, 0.5) is 11.4 Å². The van der Waals surface area contributed by atoms with Gasteiger partial charge in [-0.05, 0) is 17.7 Å². The molecule has 2 aliphatic rings. The van der Waals surface area contributed by atoms with Crippen molar-refractivity contribution in [2.45, 2.75) is 12.3 Å². The summed E-state index contributed by atoms with van der Waals surface area (Å²) < 4.78 is 0. The molecule has 1 saturated heterocycles. The fraction of sp³-hybridized carbons (Fsp3) is 0.200. The van der Waals surface area contributed by atoms with E-state index >= 15 is 0 Å². The van der Waals surface area contributed by atoms with Gasteiger partial charge in [-0.3, -0.25) is 19.8 Å². The molecule has 1 atom stereocenters. The first-order valence-electron chi connectivity index (χ1n) is 8.70. The summed E-state index contributed by atoms with van der Waals surface area (Å²) >= 11 is 1.47. The normalized spacial score (nSPS) is 19.2. The standard InChI is InChI=1S/C20H16N4O3S/c21-11-18-17(14-6-8-16(9-7-14)24(26)27)10-19(25)23-12-22(13-28-20(18)23)15-4-2-1-3-5-15/h1-9,17H,10,12-13H2/t17-/m0/s1. The fourth-order valence-corrected chi connectivity index (χ4v) is 4.65. The summed E-state index contributed by atoms with van der Waals surface area (Å²) in [5, 5.41) is 21.4. The molecule has 2 aliphatic heterocycles. The lowest BCUT2D eigenvalue weighted by molar-refractivity contribution is -0.384. The molecule has 0 unspecified atom stereocenters. The summed E-state index contributed by atoms with van der Waals surface area (Å²) in [6.45, 7) is 0.406. The second-order valence-corrected chi connectivity index (χ2v) is 7.48. The van der Waals surface area contributed by atoms with Crippen LogP contribution in [-0.2, 0) is 4.79 Å². The van der Waals surface area contributed by atoms with Crippen molar-refractivity contribution in [1.82, 2.24) is 4.90 Å². The van der Waals surface area contributed by atoms with Gasteiger partial charge in [-0.2, -0.15) is 5.26 Å². The summed E-state index contributed by atoms with van der Waals surface area (Å²) in [5.74, 6) is 0.215. The number of benzene rings is 2. The Morgan fingerprint density at radius 1 is 1.14 bits per heavy atom. The Hall–Kier alpha value is -3.31. The largest absolute Gasteiger partial charge is 0.344 e. The average molecular weight is 392 g/mol. The molecule has 0 N–H and O–H groups in total. The highest BCUT2D eigenvalue weighted by Gasteiger charge is 2.38. The summed E-state index contributed by atoms with van der Waals surface area (Å²) in [5.41, 5.74) is 2.31. The number of hydrogen-bond donors (Lipinski definition) is 0. The van der Waals surface area contributed by atoms with Crippen LogP contribution in [0.2, 0.25) is 0 Å².